The van der Waals surface area contributed by atoms with Gasteiger partial charge in [0, 0.05) is 35.7 Å². The van der Waals surface area contributed by atoms with Crippen molar-refractivity contribution in [3.8, 4) is 0 Å². The van der Waals surface area contributed by atoms with Gasteiger partial charge in [0.2, 0.25) is 5.95 Å². The summed E-state index contributed by atoms with van der Waals surface area (Å²) in [5, 5.41) is 17.4. The Morgan fingerprint density at radius 1 is 0.941 bits per heavy atom. The quantitative estimate of drug-likeness (QED) is 0.467. The van der Waals surface area contributed by atoms with Gasteiger partial charge in [-0.2, -0.15) is 4.98 Å². The zero-order valence-corrected chi connectivity index (χ0v) is 20.7. The average Bonchev–Trinajstić information content (AvgIpc) is 2.86. The molecule has 0 amide bonds. The van der Waals surface area contributed by atoms with Gasteiger partial charge >= 0.3 is 0 Å². The fourth-order valence-corrected chi connectivity index (χ4v) is 6.08. The van der Waals surface area contributed by atoms with Crippen LogP contribution >= 0.6 is 11.6 Å². The van der Waals surface area contributed by atoms with E-state index in [1.165, 1.54) is 50.8 Å². The molecule has 2 aromatic rings. The Hall–Kier alpha value is -1.96. The summed E-state index contributed by atoms with van der Waals surface area (Å²) in [6.07, 6.45) is 16.4. The van der Waals surface area contributed by atoms with Crippen molar-refractivity contribution in [1.29, 1.82) is 0 Å². The number of nitrogens with zero attached hydrogens (tertiary/aromatic N) is 4. The third kappa shape index (κ3) is 5.99. The molecule has 0 atom stereocenters. The van der Waals surface area contributed by atoms with Gasteiger partial charge in [-0.15, -0.1) is 0 Å². The van der Waals surface area contributed by atoms with Crippen LogP contribution in [0, 0.1) is 0 Å². The second-order valence-electron chi connectivity index (χ2n) is 10.2. The fourth-order valence-electron chi connectivity index (χ4n) is 5.91. The number of aliphatic hydroxyl groups excluding tert-OH is 1. The van der Waals surface area contributed by atoms with Gasteiger partial charge in [-0.25, -0.2) is 9.97 Å². The molecule has 1 aliphatic heterocycles. The molecule has 8 heteroatoms. The summed E-state index contributed by atoms with van der Waals surface area (Å²) in [7, 11) is 0. The van der Waals surface area contributed by atoms with Crippen LogP contribution in [-0.4, -0.2) is 56.2 Å². The predicted octanol–water partition coefficient (Wildman–Crippen LogP) is 5.50. The Balaban J connectivity index is 1.31. The highest BCUT2D eigenvalue weighted by Crippen LogP contribution is 2.36. The summed E-state index contributed by atoms with van der Waals surface area (Å²) >= 11 is 6.05. The summed E-state index contributed by atoms with van der Waals surface area (Å²) in [6, 6.07) is 4.76. The first kappa shape index (κ1) is 23.8. The van der Waals surface area contributed by atoms with E-state index in [0.717, 1.165) is 56.1 Å². The zero-order valence-electron chi connectivity index (χ0n) is 19.9. The summed E-state index contributed by atoms with van der Waals surface area (Å²) in [5.74, 6) is 1.97. The van der Waals surface area contributed by atoms with Crippen LogP contribution in [0.3, 0.4) is 0 Å². The highest BCUT2D eigenvalue weighted by Gasteiger charge is 2.29. The lowest BCUT2D eigenvalue weighted by Crippen LogP contribution is -2.42. The maximum absolute atomic E-state index is 9.93. The van der Waals surface area contributed by atoms with Crippen molar-refractivity contribution in [1.82, 2.24) is 19.9 Å². The van der Waals surface area contributed by atoms with E-state index < -0.39 is 0 Å². The molecule has 5 rings (SSSR count). The van der Waals surface area contributed by atoms with E-state index in [2.05, 4.69) is 25.5 Å². The average molecular weight is 485 g/mol. The second-order valence-corrected chi connectivity index (χ2v) is 10.6. The molecule has 3 heterocycles. The molecule has 2 saturated carbocycles. The summed E-state index contributed by atoms with van der Waals surface area (Å²) in [4.78, 5) is 16.4. The van der Waals surface area contributed by atoms with Crippen LogP contribution in [0.1, 0.15) is 82.1 Å². The molecule has 1 saturated heterocycles. The molecule has 34 heavy (non-hydrogen) atoms. The van der Waals surface area contributed by atoms with E-state index in [4.69, 9.17) is 16.6 Å². The van der Waals surface area contributed by atoms with Crippen LogP contribution in [0.15, 0.2) is 24.5 Å². The summed E-state index contributed by atoms with van der Waals surface area (Å²) < 4.78 is 0. The maximum atomic E-state index is 9.93. The Morgan fingerprint density at radius 3 is 2.44 bits per heavy atom. The van der Waals surface area contributed by atoms with Crippen molar-refractivity contribution in [2.75, 3.05) is 23.7 Å². The number of aromatic nitrogens is 3. The Morgan fingerprint density at radius 2 is 1.71 bits per heavy atom. The first-order chi connectivity index (χ1) is 16.6. The standard InChI is InChI=1S/C26H37ClN6O/c27-24-16-20(10-13-28-24)31-26-29-17-23(25(32-26)30-19-6-8-22(34)9-7-19)18-11-14-33(15-12-18)21-4-2-1-3-5-21/h10,13,16-19,21-22,34H,1-9,11-12,14-15H2,(H2,28,29,30,31,32)/t19-,22-. The highest BCUT2D eigenvalue weighted by atomic mass is 35.5. The maximum Gasteiger partial charge on any atom is 0.229 e. The zero-order chi connectivity index (χ0) is 23.3. The normalized spacial score (nSPS) is 25.2. The molecule has 3 aliphatic rings. The second kappa shape index (κ2) is 11.2. The van der Waals surface area contributed by atoms with Crippen LogP contribution in [-0.2, 0) is 0 Å². The Bertz CT molecular complexity index is 937. The van der Waals surface area contributed by atoms with E-state index >= 15 is 0 Å². The topological polar surface area (TPSA) is 86.2 Å². The predicted molar refractivity (Wildman–Crippen MR) is 137 cm³/mol. The monoisotopic (exact) mass is 484 g/mol. The molecule has 2 aliphatic carbocycles. The SMILES string of the molecule is O[C@H]1CC[C@H](Nc2nc(Nc3ccnc(Cl)c3)ncc2C2CCN(C3CCCCC3)CC2)CC1. The van der Waals surface area contributed by atoms with Crippen molar-refractivity contribution in [2.24, 2.45) is 0 Å². The molecule has 3 fully saturated rings. The minimum atomic E-state index is -0.166. The third-order valence-corrected chi connectivity index (χ3v) is 8.10. The van der Waals surface area contributed by atoms with Gasteiger partial charge in [0.1, 0.15) is 11.0 Å². The lowest BCUT2D eigenvalue weighted by atomic mass is 9.87. The molecule has 0 radical (unpaired) electrons. The summed E-state index contributed by atoms with van der Waals surface area (Å²) in [6.45, 7) is 2.33. The largest absolute Gasteiger partial charge is 0.393 e. The van der Waals surface area contributed by atoms with Gasteiger partial charge in [-0.3, -0.25) is 0 Å². The molecule has 0 aromatic carbocycles. The van der Waals surface area contributed by atoms with Crippen LogP contribution in [0.4, 0.5) is 17.5 Å². The number of rotatable bonds is 6. The van der Waals surface area contributed by atoms with Gasteiger partial charge in [-0.05, 0) is 82.5 Å². The van der Waals surface area contributed by atoms with Gasteiger partial charge in [0.15, 0.2) is 0 Å². The van der Waals surface area contributed by atoms with E-state index in [9.17, 15) is 5.11 Å². The van der Waals surface area contributed by atoms with E-state index in [0.29, 0.717) is 23.1 Å². The molecular weight excluding hydrogens is 448 g/mol. The number of nitrogens with one attached hydrogen (secondary N) is 2. The number of anilines is 3. The van der Waals surface area contributed by atoms with Crippen molar-refractivity contribution in [3.05, 3.63) is 35.2 Å². The Kier molecular flexibility index (Phi) is 7.82. The number of aliphatic hydroxyl groups is 1. The lowest BCUT2D eigenvalue weighted by Gasteiger charge is -2.39. The number of piperidine rings is 1. The number of hydrogen-bond acceptors (Lipinski definition) is 7. The smallest absolute Gasteiger partial charge is 0.229 e. The number of pyridine rings is 1. The molecule has 7 nitrogen and oxygen atoms in total. The first-order valence-corrected chi connectivity index (χ1v) is 13.5. The number of hydrogen-bond donors (Lipinski definition) is 3. The van der Waals surface area contributed by atoms with E-state index in [-0.39, 0.29) is 6.10 Å². The number of halogens is 1. The van der Waals surface area contributed by atoms with Crippen molar-refractivity contribution < 1.29 is 5.11 Å². The third-order valence-electron chi connectivity index (χ3n) is 7.90. The fraction of sp³-hybridized carbons (Fsp3) is 0.654. The summed E-state index contributed by atoms with van der Waals surface area (Å²) in [5.41, 5.74) is 2.05. The van der Waals surface area contributed by atoms with Crippen LogP contribution in [0.25, 0.3) is 0 Å². The molecule has 184 valence electrons. The molecule has 0 unspecified atom stereocenters. The van der Waals surface area contributed by atoms with Gasteiger partial charge < -0.3 is 20.6 Å². The molecular formula is C26H37ClN6O. The molecule has 3 N–H and O–H groups in total. The molecule has 0 spiro atoms. The van der Waals surface area contributed by atoms with Crippen molar-refractivity contribution in [2.45, 2.75) is 94.7 Å². The Labute approximate surface area is 207 Å². The van der Waals surface area contributed by atoms with Crippen LogP contribution in [0.5, 0.6) is 0 Å². The van der Waals surface area contributed by atoms with Gasteiger partial charge in [0.25, 0.3) is 0 Å². The van der Waals surface area contributed by atoms with Crippen LogP contribution in [0.2, 0.25) is 5.15 Å². The lowest BCUT2D eigenvalue weighted by molar-refractivity contribution is 0.122. The minimum absolute atomic E-state index is 0.166. The van der Waals surface area contributed by atoms with Gasteiger partial charge in [-0.1, -0.05) is 30.9 Å². The van der Waals surface area contributed by atoms with E-state index in [1.807, 2.05) is 12.3 Å². The number of likely N-dealkylation sites (tertiary alicyclic amines) is 1. The first-order valence-electron chi connectivity index (χ1n) is 13.1. The minimum Gasteiger partial charge on any atom is -0.393 e. The molecule has 2 aromatic heterocycles. The molecule has 0 bridgehead atoms. The van der Waals surface area contributed by atoms with Crippen LogP contribution < -0.4 is 10.6 Å². The van der Waals surface area contributed by atoms with Crippen molar-refractivity contribution in [3.63, 3.8) is 0 Å². The van der Waals surface area contributed by atoms with E-state index in [1.54, 1.807) is 12.3 Å². The van der Waals surface area contributed by atoms with Gasteiger partial charge in [0.05, 0.1) is 6.10 Å². The highest BCUT2D eigenvalue weighted by molar-refractivity contribution is 6.29. The van der Waals surface area contributed by atoms with Crippen molar-refractivity contribution >= 4 is 29.1 Å².